The van der Waals surface area contributed by atoms with E-state index in [1.807, 2.05) is 54.6 Å². The van der Waals surface area contributed by atoms with E-state index >= 15 is 0 Å². The van der Waals surface area contributed by atoms with Crippen LogP contribution in [-0.2, 0) is 11.0 Å². The molecule has 3 aromatic rings. The van der Waals surface area contributed by atoms with Crippen molar-refractivity contribution in [3.05, 3.63) is 94.5 Å². The van der Waals surface area contributed by atoms with Crippen molar-refractivity contribution in [1.29, 1.82) is 0 Å². The average Bonchev–Trinajstić information content (AvgIpc) is 2.81. The molecule has 1 saturated heterocycles. The second-order valence-electron chi connectivity index (χ2n) is 8.28. The van der Waals surface area contributed by atoms with Gasteiger partial charge in [-0.3, -0.25) is 9.69 Å². The first kappa shape index (κ1) is 23.3. The van der Waals surface area contributed by atoms with E-state index in [2.05, 4.69) is 4.90 Å². The number of likely N-dealkylation sites (tertiary alicyclic amines) is 1. The fourth-order valence-electron chi connectivity index (χ4n) is 4.44. The summed E-state index contributed by atoms with van der Waals surface area (Å²) in [5, 5.41) is 9.00. The van der Waals surface area contributed by atoms with E-state index in [-0.39, 0.29) is 5.02 Å². The van der Waals surface area contributed by atoms with Gasteiger partial charge in [-0.05, 0) is 60.3 Å². The van der Waals surface area contributed by atoms with Gasteiger partial charge >= 0.3 is 12.1 Å². The Kier molecular flexibility index (Phi) is 6.77. The Morgan fingerprint density at radius 1 is 0.909 bits per heavy atom. The molecule has 1 aliphatic rings. The predicted octanol–water partition coefficient (Wildman–Crippen LogP) is 6.91. The first-order valence-corrected chi connectivity index (χ1v) is 11.1. The number of carboxylic acid groups (broad SMARTS) is 1. The van der Waals surface area contributed by atoms with Gasteiger partial charge < -0.3 is 5.11 Å². The van der Waals surface area contributed by atoms with E-state index < -0.39 is 29.7 Å². The van der Waals surface area contributed by atoms with Crippen molar-refractivity contribution in [2.45, 2.75) is 25.1 Å². The summed E-state index contributed by atoms with van der Waals surface area (Å²) in [6, 6.07) is 21.2. The summed E-state index contributed by atoms with van der Waals surface area (Å²) in [7, 11) is 0. The Morgan fingerprint density at radius 3 is 2.06 bits per heavy atom. The zero-order valence-electron chi connectivity index (χ0n) is 17.7. The topological polar surface area (TPSA) is 40.5 Å². The lowest BCUT2D eigenvalue weighted by Gasteiger charge is -2.37. The first-order chi connectivity index (χ1) is 15.7. The fourth-order valence-corrected chi connectivity index (χ4v) is 4.66. The highest BCUT2D eigenvalue weighted by atomic mass is 35.5. The molecule has 1 atom stereocenters. The molecule has 1 unspecified atom stereocenters. The van der Waals surface area contributed by atoms with Gasteiger partial charge in [-0.2, -0.15) is 13.2 Å². The number of carbonyl (C=O) groups is 1. The molecule has 1 heterocycles. The Morgan fingerprint density at radius 2 is 1.48 bits per heavy atom. The SMILES string of the molecule is O=C(O)C1CCN(C(c2ccc(-c3ccccc3)cc2)c2ccc(Cl)c(C(F)(F)F)c2)CC1. The number of nitrogens with zero attached hydrogens (tertiary/aromatic N) is 1. The third kappa shape index (κ3) is 5.23. The molecule has 4 rings (SSSR count). The standard InChI is InChI=1S/C26H23ClF3NO2/c27-23-11-10-21(16-22(23)26(28,29)30)24(31-14-12-20(13-15-31)25(32)33)19-8-6-18(7-9-19)17-4-2-1-3-5-17/h1-11,16,20,24H,12-15H2,(H,32,33). The zero-order valence-corrected chi connectivity index (χ0v) is 18.5. The lowest BCUT2D eigenvalue weighted by Crippen LogP contribution is -2.39. The number of halogens is 4. The van der Waals surface area contributed by atoms with Gasteiger partial charge in [0.05, 0.1) is 22.5 Å². The van der Waals surface area contributed by atoms with E-state index in [1.165, 1.54) is 6.07 Å². The smallest absolute Gasteiger partial charge is 0.417 e. The Balaban J connectivity index is 1.72. The minimum Gasteiger partial charge on any atom is -0.481 e. The molecule has 172 valence electrons. The van der Waals surface area contributed by atoms with Crippen LogP contribution in [-0.4, -0.2) is 29.1 Å². The van der Waals surface area contributed by atoms with E-state index in [9.17, 15) is 23.1 Å². The van der Waals surface area contributed by atoms with Crippen LogP contribution in [0.1, 0.15) is 35.6 Å². The van der Waals surface area contributed by atoms with Crippen LogP contribution < -0.4 is 0 Å². The molecule has 0 radical (unpaired) electrons. The van der Waals surface area contributed by atoms with Crippen molar-refractivity contribution in [2.75, 3.05) is 13.1 Å². The van der Waals surface area contributed by atoms with Crippen LogP contribution in [0.25, 0.3) is 11.1 Å². The van der Waals surface area contributed by atoms with Gasteiger partial charge in [-0.25, -0.2) is 0 Å². The molecule has 0 bridgehead atoms. The van der Waals surface area contributed by atoms with Crippen molar-refractivity contribution in [1.82, 2.24) is 4.90 Å². The normalized spacial score (nSPS) is 16.5. The van der Waals surface area contributed by atoms with Crippen LogP contribution in [0.15, 0.2) is 72.8 Å². The van der Waals surface area contributed by atoms with Gasteiger partial charge in [-0.1, -0.05) is 72.3 Å². The monoisotopic (exact) mass is 473 g/mol. The van der Waals surface area contributed by atoms with Gasteiger partial charge in [0.25, 0.3) is 0 Å². The van der Waals surface area contributed by atoms with Crippen LogP contribution in [0.3, 0.4) is 0 Å². The molecule has 3 nitrogen and oxygen atoms in total. The molecule has 1 aliphatic heterocycles. The van der Waals surface area contributed by atoms with Crippen LogP contribution in [0.4, 0.5) is 13.2 Å². The molecule has 0 spiro atoms. The molecule has 1 N–H and O–H groups in total. The minimum atomic E-state index is -4.56. The van der Waals surface area contributed by atoms with Crippen LogP contribution >= 0.6 is 11.6 Å². The van der Waals surface area contributed by atoms with Crippen LogP contribution in [0.2, 0.25) is 5.02 Å². The number of piperidine rings is 1. The van der Waals surface area contributed by atoms with E-state index in [4.69, 9.17) is 11.6 Å². The highest BCUT2D eigenvalue weighted by molar-refractivity contribution is 6.31. The number of carboxylic acids is 1. The summed E-state index contributed by atoms with van der Waals surface area (Å²) < 4.78 is 40.7. The molecule has 0 amide bonds. The van der Waals surface area contributed by atoms with Gasteiger partial charge in [0.15, 0.2) is 0 Å². The number of benzene rings is 3. The molecule has 1 fully saturated rings. The predicted molar refractivity (Wildman–Crippen MR) is 122 cm³/mol. The third-order valence-corrected chi connectivity index (χ3v) is 6.52. The second kappa shape index (κ2) is 9.57. The largest absolute Gasteiger partial charge is 0.481 e. The molecule has 3 aromatic carbocycles. The molecule has 7 heteroatoms. The Bertz CT molecular complexity index is 1110. The van der Waals surface area contributed by atoms with Crippen molar-refractivity contribution in [2.24, 2.45) is 5.92 Å². The number of hydrogen-bond donors (Lipinski definition) is 1. The van der Waals surface area contributed by atoms with Crippen LogP contribution in [0.5, 0.6) is 0 Å². The maximum absolute atomic E-state index is 13.6. The summed E-state index contributed by atoms with van der Waals surface area (Å²) >= 11 is 5.86. The molecule has 0 aromatic heterocycles. The molecule has 0 saturated carbocycles. The number of alkyl halides is 3. The highest BCUT2D eigenvalue weighted by Crippen LogP contribution is 2.39. The van der Waals surface area contributed by atoms with Gasteiger partial charge in [0.1, 0.15) is 0 Å². The molecular weight excluding hydrogens is 451 g/mol. The number of aliphatic carboxylic acids is 1. The maximum Gasteiger partial charge on any atom is 0.417 e. The molecular formula is C26H23ClF3NO2. The minimum absolute atomic E-state index is 0.339. The summed E-state index contributed by atoms with van der Waals surface area (Å²) in [5.74, 6) is -1.26. The molecule has 33 heavy (non-hydrogen) atoms. The number of hydrogen-bond acceptors (Lipinski definition) is 2. The van der Waals surface area contributed by atoms with E-state index in [0.717, 1.165) is 22.8 Å². The summed E-state index contributed by atoms with van der Waals surface area (Å²) in [6.07, 6.45) is -3.66. The van der Waals surface area contributed by atoms with Crippen molar-refractivity contribution < 1.29 is 23.1 Å². The number of rotatable bonds is 5. The van der Waals surface area contributed by atoms with Gasteiger partial charge in [0, 0.05) is 0 Å². The summed E-state index contributed by atoms with van der Waals surface area (Å²) in [6.45, 7) is 0.956. The fraction of sp³-hybridized carbons (Fsp3) is 0.269. The van der Waals surface area contributed by atoms with Crippen molar-refractivity contribution in [3.8, 4) is 11.1 Å². The summed E-state index contributed by atoms with van der Waals surface area (Å²) in [5.41, 5.74) is 2.52. The van der Waals surface area contributed by atoms with Gasteiger partial charge in [0.2, 0.25) is 0 Å². The quantitative estimate of drug-likeness (QED) is 0.437. The third-order valence-electron chi connectivity index (χ3n) is 6.19. The first-order valence-electron chi connectivity index (χ1n) is 10.7. The lowest BCUT2D eigenvalue weighted by atomic mass is 9.90. The molecule has 0 aliphatic carbocycles. The average molecular weight is 474 g/mol. The maximum atomic E-state index is 13.6. The highest BCUT2D eigenvalue weighted by Gasteiger charge is 2.35. The lowest BCUT2D eigenvalue weighted by molar-refractivity contribution is -0.143. The van der Waals surface area contributed by atoms with Gasteiger partial charge in [-0.15, -0.1) is 0 Å². The Labute approximate surface area is 195 Å². The Hall–Kier alpha value is -2.83. The summed E-state index contributed by atoms with van der Waals surface area (Å²) in [4.78, 5) is 13.4. The van der Waals surface area contributed by atoms with Crippen molar-refractivity contribution in [3.63, 3.8) is 0 Å². The second-order valence-corrected chi connectivity index (χ2v) is 8.68. The zero-order chi connectivity index (χ0) is 23.6. The van der Waals surface area contributed by atoms with E-state index in [0.29, 0.717) is 31.5 Å². The van der Waals surface area contributed by atoms with E-state index in [1.54, 1.807) is 6.07 Å². The van der Waals surface area contributed by atoms with Crippen LogP contribution in [0, 0.1) is 5.92 Å². The van der Waals surface area contributed by atoms with Crippen molar-refractivity contribution >= 4 is 17.6 Å².